The van der Waals surface area contributed by atoms with Crippen LogP contribution in [-0.4, -0.2) is 36.9 Å². The lowest BCUT2D eigenvalue weighted by molar-refractivity contribution is -0.0246. The van der Waals surface area contributed by atoms with Gasteiger partial charge in [-0.05, 0) is 29.5 Å². The molecule has 9 heteroatoms. The zero-order chi connectivity index (χ0) is 27.5. The van der Waals surface area contributed by atoms with Crippen molar-refractivity contribution in [1.82, 2.24) is 9.55 Å². The first-order valence-corrected chi connectivity index (χ1v) is 14.6. The zero-order valence-corrected chi connectivity index (χ0v) is 22.3. The van der Waals surface area contributed by atoms with E-state index in [-0.39, 0.29) is 25.0 Å². The fourth-order valence-electron chi connectivity index (χ4n) is 5.52. The van der Waals surface area contributed by atoms with Crippen molar-refractivity contribution < 1.29 is 17.3 Å². The molecule has 8 nitrogen and oxygen atoms in total. The fourth-order valence-corrected chi connectivity index (χ4v) is 6.20. The van der Waals surface area contributed by atoms with Crippen LogP contribution in [0.5, 0.6) is 0 Å². The third-order valence-electron chi connectivity index (χ3n) is 7.20. The Labute approximate surface area is 227 Å². The number of benzene rings is 3. The van der Waals surface area contributed by atoms with Gasteiger partial charge in [-0.25, -0.2) is 4.79 Å². The molecule has 0 radical (unpaired) electrons. The first-order valence-electron chi connectivity index (χ1n) is 12.8. The highest BCUT2D eigenvalue weighted by Gasteiger charge is 2.43. The first-order chi connectivity index (χ1) is 18.8. The summed E-state index contributed by atoms with van der Waals surface area (Å²) in [6.45, 7) is 0.160. The van der Waals surface area contributed by atoms with Crippen LogP contribution < -0.4 is 11.2 Å². The largest absolute Gasteiger partial charge is 0.360 e. The van der Waals surface area contributed by atoms with E-state index >= 15 is 0 Å². The minimum absolute atomic E-state index is 0.160. The molecule has 3 atom stereocenters. The molecule has 4 aromatic rings. The quantitative estimate of drug-likeness (QED) is 0.253. The molecule has 1 fully saturated rings. The van der Waals surface area contributed by atoms with Gasteiger partial charge in [0.1, 0.15) is 5.60 Å². The highest BCUT2D eigenvalue weighted by molar-refractivity contribution is 7.86. The Morgan fingerprint density at radius 1 is 0.821 bits per heavy atom. The van der Waals surface area contributed by atoms with E-state index in [0.29, 0.717) is 6.42 Å². The molecular formula is C30H30N2O6S. The predicted octanol–water partition coefficient (Wildman–Crippen LogP) is 3.84. The SMILES string of the molecule is CS(=O)(=O)OC1CC(n2ccc(=O)[nH]c2=O)CC1COC(c1ccccc1)(c1ccccc1)c1ccccc1. The minimum Gasteiger partial charge on any atom is -0.360 e. The van der Waals surface area contributed by atoms with Crippen LogP contribution in [0.15, 0.2) is 113 Å². The van der Waals surface area contributed by atoms with Gasteiger partial charge in [0.15, 0.2) is 0 Å². The number of nitrogens with one attached hydrogen (secondary N) is 1. The van der Waals surface area contributed by atoms with Gasteiger partial charge < -0.3 is 4.74 Å². The van der Waals surface area contributed by atoms with Crippen molar-refractivity contribution in [2.45, 2.75) is 30.6 Å². The summed E-state index contributed by atoms with van der Waals surface area (Å²) in [6, 6.07) is 30.6. The Kier molecular flexibility index (Phi) is 7.65. The van der Waals surface area contributed by atoms with Crippen LogP contribution in [0.1, 0.15) is 35.6 Å². The Bertz CT molecular complexity index is 1520. The van der Waals surface area contributed by atoms with E-state index in [9.17, 15) is 18.0 Å². The van der Waals surface area contributed by atoms with E-state index in [4.69, 9.17) is 8.92 Å². The van der Waals surface area contributed by atoms with Crippen molar-refractivity contribution in [3.05, 3.63) is 141 Å². The summed E-state index contributed by atoms with van der Waals surface area (Å²) in [5, 5.41) is 0. The standard InChI is InChI=1S/C30H30N2O6S/c1-39(35,36)38-27-20-26(32-18-17-28(33)31-29(32)34)19-22(27)21-37-30(23-11-5-2-6-12-23,24-13-7-3-8-14-24)25-15-9-4-10-16-25/h2-18,22,26-27H,19-21H2,1H3,(H,31,33,34). The van der Waals surface area contributed by atoms with E-state index in [2.05, 4.69) is 4.98 Å². The Balaban J connectivity index is 1.55. The topological polar surface area (TPSA) is 107 Å². The van der Waals surface area contributed by atoms with Crippen LogP contribution in [0.3, 0.4) is 0 Å². The van der Waals surface area contributed by atoms with Gasteiger partial charge in [0, 0.05) is 24.2 Å². The molecule has 39 heavy (non-hydrogen) atoms. The highest BCUT2D eigenvalue weighted by atomic mass is 32.2. The van der Waals surface area contributed by atoms with E-state index in [1.807, 2.05) is 91.0 Å². The third-order valence-corrected chi connectivity index (χ3v) is 7.80. The lowest BCUT2D eigenvalue weighted by Crippen LogP contribution is -2.36. The molecule has 0 amide bonds. The van der Waals surface area contributed by atoms with Gasteiger partial charge >= 0.3 is 5.69 Å². The Morgan fingerprint density at radius 2 is 1.33 bits per heavy atom. The summed E-state index contributed by atoms with van der Waals surface area (Å²) in [5.74, 6) is -0.348. The van der Waals surface area contributed by atoms with Crippen molar-refractivity contribution in [1.29, 1.82) is 0 Å². The summed E-state index contributed by atoms with van der Waals surface area (Å²) < 4.78 is 38.2. The average molecular weight is 547 g/mol. The molecule has 1 N–H and O–H groups in total. The number of aromatic amines is 1. The minimum atomic E-state index is -3.77. The molecule has 1 saturated carbocycles. The van der Waals surface area contributed by atoms with Gasteiger partial charge in [-0.1, -0.05) is 91.0 Å². The van der Waals surface area contributed by atoms with Crippen LogP contribution in [0.2, 0.25) is 0 Å². The average Bonchev–Trinajstić information content (AvgIpc) is 3.31. The summed E-state index contributed by atoms with van der Waals surface area (Å²) in [4.78, 5) is 26.4. The van der Waals surface area contributed by atoms with Crippen molar-refractivity contribution in [2.75, 3.05) is 12.9 Å². The molecule has 1 aromatic heterocycles. The summed E-state index contributed by atoms with van der Waals surface area (Å²) in [5.41, 5.74) is 0.765. The molecule has 1 aliphatic carbocycles. The first kappa shape index (κ1) is 26.8. The molecule has 0 saturated heterocycles. The summed E-state index contributed by atoms with van der Waals surface area (Å²) >= 11 is 0. The van der Waals surface area contributed by atoms with Crippen molar-refractivity contribution in [3.63, 3.8) is 0 Å². The molecule has 3 unspecified atom stereocenters. The highest BCUT2D eigenvalue weighted by Crippen LogP contribution is 2.43. The maximum Gasteiger partial charge on any atom is 0.328 e. The molecule has 0 spiro atoms. The molecule has 3 aromatic carbocycles. The van der Waals surface area contributed by atoms with Gasteiger partial charge in [0.25, 0.3) is 15.7 Å². The van der Waals surface area contributed by atoms with Crippen LogP contribution in [0, 0.1) is 5.92 Å². The second-order valence-corrected chi connectivity index (χ2v) is 11.4. The predicted molar refractivity (Wildman–Crippen MR) is 148 cm³/mol. The van der Waals surface area contributed by atoms with Crippen molar-refractivity contribution in [3.8, 4) is 0 Å². The number of rotatable bonds is 9. The normalized spacial score (nSPS) is 19.7. The monoisotopic (exact) mass is 546 g/mol. The molecule has 1 heterocycles. The summed E-state index contributed by atoms with van der Waals surface area (Å²) in [7, 11) is -3.77. The number of nitrogens with zero attached hydrogens (tertiary/aromatic N) is 1. The number of H-pyrrole nitrogens is 1. The molecule has 0 aliphatic heterocycles. The number of aromatic nitrogens is 2. The van der Waals surface area contributed by atoms with Gasteiger partial charge in [0.05, 0.1) is 19.0 Å². The van der Waals surface area contributed by atoms with E-state index in [1.54, 1.807) is 0 Å². The zero-order valence-electron chi connectivity index (χ0n) is 21.5. The van der Waals surface area contributed by atoms with E-state index in [1.165, 1.54) is 16.8 Å². The van der Waals surface area contributed by atoms with Crippen molar-refractivity contribution >= 4 is 10.1 Å². The van der Waals surface area contributed by atoms with Crippen molar-refractivity contribution in [2.24, 2.45) is 5.92 Å². The fraction of sp³-hybridized carbons (Fsp3) is 0.267. The van der Waals surface area contributed by atoms with Gasteiger partial charge in [-0.15, -0.1) is 0 Å². The van der Waals surface area contributed by atoms with Gasteiger partial charge in [-0.2, -0.15) is 8.42 Å². The third kappa shape index (κ3) is 5.80. The maximum atomic E-state index is 12.5. The second kappa shape index (κ2) is 11.1. The molecular weight excluding hydrogens is 516 g/mol. The number of hydrogen-bond donors (Lipinski definition) is 1. The molecule has 1 aliphatic rings. The van der Waals surface area contributed by atoms with Gasteiger partial charge in [0.2, 0.25) is 0 Å². The second-order valence-electron chi connectivity index (χ2n) is 9.83. The Hall–Kier alpha value is -3.79. The van der Waals surface area contributed by atoms with Crippen LogP contribution in [-0.2, 0) is 24.6 Å². The smallest absolute Gasteiger partial charge is 0.328 e. The van der Waals surface area contributed by atoms with Gasteiger partial charge in [-0.3, -0.25) is 18.5 Å². The lowest BCUT2D eigenvalue weighted by atomic mass is 9.80. The Morgan fingerprint density at radius 3 is 1.79 bits per heavy atom. The summed E-state index contributed by atoms with van der Waals surface area (Å²) in [6.07, 6.45) is 2.47. The van der Waals surface area contributed by atoms with Crippen LogP contribution in [0.4, 0.5) is 0 Å². The number of ether oxygens (including phenoxy) is 1. The number of hydrogen-bond acceptors (Lipinski definition) is 6. The van der Waals surface area contributed by atoms with Crippen LogP contribution in [0.25, 0.3) is 0 Å². The van der Waals surface area contributed by atoms with E-state index in [0.717, 1.165) is 22.9 Å². The lowest BCUT2D eigenvalue weighted by Gasteiger charge is -2.37. The van der Waals surface area contributed by atoms with E-state index < -0.39 is 33.1 Å². The maximum absolute atomic E-state index is 12.5. The molecule has 202 valence electrons. The molecule has 0 bridgehead atoms. The van der Waals surface area contributed by atoms with Crippen LogP contribution >= 0.6 is 0 Å². The molecule has 5 rings (SSSR count).